The van der Waals surface area contributed by atoms with Crippen LogP contribution < -0.4 is 4.90 Å². The fourth-order valence-electron chi connectivity index (χ4n) is 3.03. The average Bonchev–Trinajstić information content (AvgIpc) is 2.67. The first-order chi connectivity index (χ1) is 13.2. The molecule has 0 amide bonds. The number of rotatable bonds is 4. The van der Waals surface area contributed by atoms with E-state index < -0.39 is 17.6 Å². The zero-order chi connectivity index (χ0) is 20.3. The number of halogens is 4. The van der Waals surface area contributed by atoms with E-state index in [1.165, 1.54) is 18.2 Å². The molecule has 1 fully saturated rings. The quantitative estimate of drug-likeness (QED) is 0.435. The van der Waals surface area contributed by atoms with Gasteiger partial charge in [-0.3, -0.25) is 4.79 Å². The molecule has 2 aromatic carbocycles. The van der Waals surface area contributed by atoms with Gasteiger partial charge in [-0.25, -0.2) is 4.39 Å². The largest absolute Gasteiger partial charge is 0.419 e. The molecule has 0 aliphatic carbocycles. The maximum atomic E-state index is 13.3. The molecule has 1 saturated heterocycles. The van der Waals surface area contributed by atoms with Gasteiger partial charge in [-0.1, -0.05) is 12.1 Å². The van der Waals surface area contributed by atoms with Gasteiger partial charge in [0.15, 0.2) is 5.78 Å². The van der Waals surface area contributed by atoms with Gasteiger partial charge in [0.1, 0.15) is 5.82 Å². The van der Waals surface area contributed by atoms with E-state index in [9.17, 15) is 22.4 Å². The number of likely N-dealkylation sites (N-methyl/N-ethyl adjacent to an activating group) is 1. The summed E-state index contributed by atoms with van der Waals surface area (Å²) in [6.07, 6.45) is -2.33. The Balaban J connectivity index is 1.69. The van der Waals surface area contributed by atoms with E-state index in [1.807, 2.05) is 12.1 Å². The number of anilines is 1. The molecule has 1 aliphatic heterocycles. The van der Waals surface area contributed by atoms with Crippen molar-refractivity contribution in [3.8, 4) is 0 Å². The number of alkyl halides is 3. The molecule has 1 aliphatic rings. The fourth-order valence-corrected chi connectivity index (χ4v) is 3.03. The molecule has 148 valence electrons. The van der Waals surface area contributed by atoms with Crippen LogP contribution in [0.1, 0.15) is 21.5 Å². The predicted molar refractivity (Wildman–Crippen MR) is 101 cm³/mol. The molecule has 0 aromatic heterocycles. The normalized spacial score (nSPS) is 16.0. The van der Waals surface area contributed by atoms with Crippen LogP contribution in [0.25, 0.3) is 6.08 Å². The molecule has 28 heavy (non-hydrogen) atoms. The summed E-state index contributed by atoms with van der Waals surface area (Å²) in [5.74, 6) is -1.67. The maximum Gasteiger partial charge on any atom is 0.419 e. The van der Waals surface area contributed by atoms with Crippen LogP contribution in [0.3, 0.4) is 0 Å². The fraction of sp³-hybridized carbons (Fsp3) is 0.286. The summed E-state index contributed by atoms with van der Waals surface area (Å²) in [4.78, 5) is 16.8. The lowest BCUT2D eigenvalue weighted by Crippen LogP contribution is -2.44. The van der Waals surface area contributed by atoms with Crippen molar-refractivity contribution in [2.45, 2.75) is 6.18 Å². The lowest BCUT2D eigenvalue weighted by molar-refractivity contribution is -0.140. The van der Waals surface area contributed by atoms with Crippen LogP contribution in [0.15, 0.2) is 48.5 Å². The second-order valence-electron chi connectivity index (χ2n) is 6.77. The van der Waals surface area contributed by atoms with E-state index in [0.29, 0.717) is 11.6 Å². The molecular weight excluding hydrogens is 372 g/mol. The molecule has 0 N–H and O–H groups in total. The SMILES string of the molecule is CN1CCN(c2ccc(C(=O)/C=C/c3ccc(F)c(C(F)(F)F)c3)cc2)CC1. The van der Waals surface area contributed by atoms with Crippen molar-refractivity contribution in [3.05, 3.63) is 71.0 Å². The molecule has 3 rings (SSSR count). The Morgan fingerprint density at radius 1 is 1.00 bits per heavy atom. The number of nitrogens with zero attached hydrogens (tertiary/aromatic N) is 2. The van der Waals surface area contributed by atoms with Crippen LogP contribution in [-0.4, -0.2) is 43.9 Å². The number of carbonyl (C=O) groups is 1. The van der Waals surface area contributed by atoms with E-state index in [-0.39, 0.29) is 11.3 Å². The van der Waals surface area contributed by atoms with E-state index in [1.54, 1.807) is 12.1 Å². The third-order valence-corrected chi connectivity index (χ3v) is 4.74. The molecule has 1 heterocycles. The van der Waals surface area contributed by atoms with E-state index in [0.717, 1.165) is 37.9 Å². The molecule has 0 spiro atoms. The Labute approximate surface area is 160 Å². The number of benzene rings is 2. The van der Waals surface area contributed by atoms with Crippen molar-refractivity contribution in [3.63, 3.8) is 0 Å². The molecule has 0 bridgehead atoms. The van der Waals surface area contributed by atoms with Gasteiger partial charge in [-0.05, 0) is 55.1 Å². The van der Waals surface area contributed by atoms with E-state index in [4.69, 9.17) is 0 Å². The minimum atomic E-state index is -4.78. The van der Waals surface area contributed by atoms with Crippen molar-refractivity contribution in [1.82, 2.24) is 4.90 Å². The highest BCUT2D eigenvalue weighted by atomic mass is 19.4. The highest BCUT2D eigenvalue weighted by Crippen LogP contribution is 2.32. The first-order valence-electron chi connectivity index (χ1n) is 8.87. The monoisotopic (exact) mass is 392 g/mol. The summed E-state index contributed by atoms with van der Waals surface area (Å²) in [5, 5.41) is 0. The second kappa shape index (κ2) is 8.14. The molecule has 3 nitrogen and oxygen atoms in total. The van der Waals surface area contributed by atoms with Gasteiger partial charge in [0.05, 0.1) is 5.56 Å². The van der Waals surface area contributed by atoms with Crippen LogP contribution in [0.5, 0.6) is 0 Å². The predicted octanol–water partition coefficient (Wildman–Crippen LogP) is 4.49. The van der Waals surface area contributed by atoms with Crippen LogP contribution in [0.2, 0.25) is 0 Å². The van der Waals surface area contributed by atoms with Crippen molar-refractivity contribution >= 4 is 17.5 Å². The number of ketones is 1. The Kier molecular flexibility index (Phi) is 5.84. The summed E-state index contributed by atoms with van der Waals surface area (Å²) in [7, 11) is 2.07. The lowest BCUT2D eigenvalue weighted by Gasteiger charge is -2.34. The first kappa shape index (κ1) is 20.1. The van der Waals surface area contributed by atoms with Crippen LogP contribution in [0, 0.1) is 5.82 Å². The first-order valence-corrected chi connectivity index (χ1v) is 8.87. The summed E-state index contributed by atoms with van der Waals surface area (Å²) in [6, 6.07) is 9.77. The number of hydrogen-bond acceptors (Lipinski definition) is 3. The zero-order valence-electron chi connectivity index (χ0n) is 15.3. The van der Waals surface area contributed by atoms with E-state index in [2.05, 4.69) is 16.8 Å². The Morgan fingerprint density at radius 3 is 2.25 bits per heavy atom. The van der Waals surface area contributed by atoms with Crippen molar-refractivity contribution in [2.24, 2.45) is 0 Å². The Bertz CT molecular complexity index is 867. The van der Waals surface area contributed by atoms with Crippen molar-refractivity contribution in [1.29, 1.82) is 0 Å². The van der Waals surface area contributed by atoms with Crippen LogP contribution in [-0.2, 0) is 6.18 Å². The van der Waals surface area contributed by atoms with Crippen LogP contribution >= 0.6 is 0 Å². The molecule has 0 atom stereocenters. The summed E-state index contributed by atoms with van der Waals surface area (Å²) < 4.78 is 51.6. The Hall–Kier alpha value is -2.67. The summed E-state index contributed by atoms with van der Waals surface area (Å²) in [6.45, 7) is 3.77. The van der Waals surface area contributed by atoms with Gasteiger partial charge in [-0.15, -0.1) is 0 Å². The van der Waals surface area contributed by atoms with Gasteiger partial charge >= 0.3 is 6.18 Å². The Morgan fingerprint density at radius 2 is 1.64 bits per heavy atom. The van der Waals surface area contributed by atoms with Crippen molar-refractivity contribution in [2.75, 3.05) is 38.1 Å². The zero-order valence-corrected chi connectivity index (χ0v) is 15.3. The van der Waals surface area contributed by atoms with Gasteiger partial charge < -0.3 is 9.80 Å². The highest BCUT2D eigenvalue weighted by molar-refractivity contribution is 6.07. The number of allylic oxidation sites excluding steroid dienone is 1. The molecule has 0 saturated carbocycles. The van der Waals surface area contributed by atoms with Gasteiger partial charge in [0.2, 0.25) is 0 Å². The number of hydrogen-bond donors (Lipinski definition) is 0. The molecule has 0 unspecified atom stereocenters. The summed E-state index contributed by atoms with van der Waals surface area (Å²) >= 11 is 0. The van der Waals surface area contributed by atoms with Gasteiger partial charge in [0.25, 0.3) is 0 Å². The third-order valence-electron chi connectivity index (χ3n) is 4.74. The minimum Gasteiger partial charge on any atom is -0.369 e. The minimum absolute atomic E-state index is 0.108. The molecular formula is C21H20F4N2O. The summed E-state index contributed by atoms with van der Waals surface area (Å²) in [5.41, 5.74) is 0.226. The average molecular weight is 392 g/mol. The smallest absolute Gasteiger partial charge is 0.369 e. The maximum absolute atomic E-state index is 13.3. The topological polar surface area (TPSA) is 23.6 Å². The highest BCUT2D eigenvalue weighted by Gasteiger charge is 2.34. The molecule has 7 heteroatoms. The van der Waals surface area contributed by atoms with E-state index >= 15 is 0 Å². The van der Waals surface area contributed by atoms with Crippen LogP contribution in [0.4, 0.5) is 23.2 Å². The number of carbonyl (C=O) groups excluding carboxylic acids is 1. The van der Waals surface area contributed by atoms with Gasteiger partial charge in [0, 0.05) is 37.4 Å². The van der Waals surface area contributed by atoms with Crippen molar-refractivity contribution < 1.29 is 22.4 Å². The third kappa shape index (κ3) is 4.78. The lowest BCUT2D eigenvalue weighted by atomic mass is 10.1. The second-order valence-corrected chi connectivity index (χ2v) is 6.77. The van der Waals surface area contributed by atoms with Gasteiger partial charge in [-0.2, -0.15) is 13.2 Å². The molecule has 2 aromatic rings. The number of piperazine rings is 1. The molecule has 0 radical (unpaired) electrons. The standard InChI is InChI=1S/C21H20F4N2O/c1-26-10-12-27(13-11-26)17-6-4-16(5-7-17)20(28)9-3-15-2-8-19(22)18(14-15)21(23,24)25/h2-9,14H,10-13H2,1H3/b9-3+.